The molecule has 0 spiro atoms. The summed E-state index contributed by atoms with van der Waals surface area (Å²) in [6.07, 6.45) is 8.19. The number of amides is 1. The van der Waals surface area contributed by atoms with E-state index in [-0.39, 0.29) is 11.5 Å². The van der Waals surface area contributed by atoms with Gasteiger partial charge in [0.2, 0.25) is 5.91 Å². The lowest BCUT2D eigenvalue weighted by atomic mass is 10.0. The number of rotatable bonds is 3. The lowest BCUT2D eigenvalue weighted by Crippen LogP contribution is -2.20. The van der Waals surface area contributed by atoms with Gasteiger partial charge in [0.1, 0.15) is 0 Å². The Kier molecular flexibility index (Phi) is 3.50. The summed E-state index contributed by atoms with van der Waals surface area (Å²) in [6.45, 7) is 0. The Morgan fingerprint density at radius 1 is 0.926 bits per heavy atom. The number of hydrogen-bond donors (Lipinski definition) is 0. The molecule has 1 fully saturated rings. The lowest BCUT2D eigenvalue weighted by Gasteiger charge is -2.11. The highest BCUT2D eigenvalue weighted by Crippen LogP contribution is 2.35. The molecule has 0 radical (unpaired) electrons. The van der Waals surface area contributed by atoms with Gasteiger partial charge in [-0.05, 0) is 53.8 Å². The van der Waals surface area contributed by atoms with Crippen molar-refractivity contribution < 1.29 is 4.79 Å². The van der Waals surface area contributed by atoms with E-state index in [1.54, 1.807) is 11.0 Å². The highest BCUT2D eigenvalue weighted by molar-refractivity contribution is 6.01. The third-order valence-corrected chi connectivity index (χ3v) is 5.44. The third-order valence-electron chi connectivity index (χ3n) is 5.44. The molecule has 0 saturated heterocycles. The van der Waals surface area contributed by atoms with E-state index in [1.165, 1.54) is 0 Å². The number of benzene rings is 1. The molecule has 2 aliphatic rings. The molecule has 1 aliphatic heterocycles. The first-order chi connectivity index (χ1) is 13.1. The van der Waals surface area contributed by atoms with Crippen molar-refractivity contribution in [1.29, 1.82) is 0 Å². The predicted octanol–water partition coefficient (Wildman–Crippen LogP) is 3.43. The van der Waals surface area contributed by atoms with Crippen LogP contribution in [0, 0.1) is 0 Å². The Hall–Kier alpha value is -3.21. The largest absolute Gasteiger partial charge is 0.315 e. The maximum atomic E-state index is 12.0. The highest BCUT2D eigenvalue weighted by atomic mass is 16.2. The van der Waals surface area contributed by atoms with Gasteiger partial charge in [-0.3, -0.25) is 14.6 Å². The SMILES string of the molecule is CN1C(=O)Cc2cc(-c3cncc(-c4ccc(=O)n(C5CC5)c4)c3)ccc21. The number of hydrogen-bond acceptors (Lipinski definition) is 3. The number of aromatic nitrogens is 2. The van der Waals surface area contributed by atoms with Crippen molar-refractivity contribution in [2.45, 2.75) is 25.3 Å². The first-order valence-electron chi connectivity index (χ1n) is 9.17. The number of fused-ring (bicyclic) bond motifs is 1. The molecule has 1 amide bonds. The number of carbonyl (C=O) groups excluding carboxylic acids is 1. The van der Waals surface area contributed by atoms with E-state index in [0.717, 1.165) is 46.3 Å². The van der Waals surface area contributed by atoms with E-state index in [4.69, 9.17) is 0 Å². The number of pyridine rings is 2. The summed E-state index contributed by atoms with van der Waals surface area (Å²) in [5.74, 6) is 0.122. The van der Waals surface area contributed by atoms with Gasteiger partial charge < -0.3 is 9.47 Å². The monoisotopic (exact) mass is 357 g/mol. The van der Waals surface area contributed by atoms with Crippen molar-refractivity contribution in [2.24, 2.45) is 0 Å². The van der Waals surface area contributed by atoms with Gasteiger partial charge in [-0.25, -0.2) is 0 Å². The fraction of sp³-hybridized carbons (Fsp3) is 0.227. The smallest absolute Gasteiger partial charge is 0.250 e. The van der Waals surface area contributed by atoms with Gasteiger partial charge in [-0.2, -0.15) is 0 Å². The lowest BCUT2D eigenvalue weighted by molar-refractivity contribution is -0.117. The molecule has 0 bridgehead atoms. The molecule has 5 heteroatoms. The van der Waals surface area contributed by atoms with E-state index in [9.17, 15) is 9.59 Å². The van der Waals surface area contributed by atoms with Crippen molar-refractivity contribution in [2.75, 3.05) is 11.9 Å². The van der Waals surface area contributed by atoms with Crippen LogP contribution in [-0.2, 0) is 11.2 Å². The zero-order valence-electron chi connectivity index (χ0n) is 15.1. The summed E-state index contributed by atoms with van der Waals surface area (Å²) >= 11 is 0. The second-order valence-electron chi connectivity index (χ2n) is 7.33. The van der Waals surface area contributed by atoms with Crippen LogP contribution in [0.25, 0.3) is 22.3 Å². The predicted molar refractivity (Wildman–Crippen MR) is 105 cm³/mol. The molecule has 27 heavy (non-hydrogen) atoms. The Labute approximate surface area is 156 Å². The molecule has 1 saturated carbocycles. The van der Waals surface area contributed by atoms with Crippen molar-refractivity contribution in [3.05, 3.63) is 70.9 Å². The fourth-order valence-corrected chi connectivity index (χ4v) is 3.72. The number of nitrogens with zero attached hydrogens (tertiary/aromatic N) is 3. The van der Waals surface area contributed by atoms with Crippen LogP contribution in [-0.4, -0.2) is 22.5 Å². The summed E-state index contributed by atoms with van der Waals surface area (Å²) in [6, 6.07) is 12.0. The second kappa shape index (κ2) is 5.91. The summed E-state index contributed by atoms with van der Waals surface area (Å²) in [7, 11) is 1.81. The summed E-state index contributed by atoms with van der Waals surface area (Å²) in [5.41, 5.74) is 6.10. The molecule has 0 unspecified atom stereocenters. The molecule has 3 heterocycles. The van der Waals surface area contributed by atoms with Gasteiger partial charge in [-0.15, -0.1) is 0 Å². The van der Waals surface area contributed by atoms with Crippen LogP contribution in [0.5, 0.6) is 0 Å². The van der Waals surface area contributed by atoms with Crippen LogP contribution in [0.15, 0.2) is 59.8 Å². The Morgan fingerprint density at radius 3 is 2.44 bits per heavy atom. The minimum atomic E-state index is 0.0535. The number of likely N-dealkylation sites (N-methyl/N-ethyl adjacent to an activating group) is 1. The van der Waals surface area contributed by atoms with E-state index in [1.807, 2.05) is 48.4 Å². The molecule has 5 rings (SSSR count). The minimum absolute atomic E-state index is 0.0535. The zero-order chi connectivity index (χ0) is 18.5. The number of carbonyl (C=O) groups is 1. The second-order valence-corrected chi connectivity index (χ2v) is 7.33. The molecule has 0 atom stereocenters. The average molecular weight is 357 g/mol. The normalized spacial score (nSPS) is 15.9. The standard InChI is InChI=1S/C22H19N3O2/c1-24-20-6-2-14(8-16(20)10-22(24)27)17-9-18(12-23-11-17)15-3-7-21(26)25(13-15)19-4-5-19/h2-3,6-9,11-13,19H,4-5,10H2,1H3. The van der Waals surface area contributed by atoms with Gasteiger partial charge in [0.15, 0.2) is 0 Å². The molecular weight excluding hydrogens is 338 g/mol. The summed E-state index contributed by atoms with van der Waals surface area (Å²) < 4.78 is 1.83. The van der Waals surface area contributed by atoms with Gasteiger partial charge >= 0.3 is 0 Å². The molecule has 1 aliphatic carbocycles. The topological polar surface area (TPSA) is 55.2 Å². The Morgan fingerprint density at radius 2 is 1.67 bits per heavy atom. The summed E-state index contributed by atoms with van der Waals surface area (Å²) in [5, 5.41) is 0. The Bertz CT molecular complexity index is 1130. The third kappa shape index (κ3) is 2.76. The highest BCUT2D eigenvalue weighted by Gasteiger charge is 2.25. The van der Waals surface area contributed by atoms with E-state index >= 15 is 0 Å². The van der Waals surface area contributed by atoms with Crippen LogP contribution < -0.4 is 10.5 Å². The first kappa shape index (κ1) is 16.0. The van der Waals surface area contributed by atoms with Crippen LogP contribution in [0.1, 0.15) is 24.4 Å². The molecule has 1 aromatic carbocycles. The summed E-state index contributed by atoms with van der Waals surface area (Å²) in [4.78, 5) is 30.1. The number of anilines is 1. The molecular formula is C22H19N3O2. The average Bonchev–Trinajstić information content (AvgIpc) is 3.49. The maximum Gasteiger partial charge on any atom is 0.250 e. The van der Waals surface area contributed by atoms with Gasteiger partial charge in [0.05, 0.1) is 6.42 Å². The Balaban J connectivity index is 1.54. The van der Waals surface area contributed by atoms with Gasteiger partial charge in [0.25, 0.3) is 5.56 Å². The van der Waals surface area contributed by atoms with E-state index in [2.05, 4.69) is 17.1 Å². The van der Waals surface area contributed by atoms with Crippen LogP contribution in [0.2, 0.25) is 0 Å². The quantitative estimate of drug-likeness (QED) is 0.722. The van der Waals surface area contributed by atoms with Crippen molar-refractivity contribution >= 4 is 11.6 Å². The zero-order valence-corrected chi connectivity index (χ0v) is 15.1. The van der Waals surface area contributed by atoms with E-state index in [0.29, 0.717) is 12.5 Å². The molecule has 2 aromatic heterocycles. The van der Waals surface area contributed by atoms with E-state index < -0.39 is 0 Å². The molecule has 0 N–H and O–H groups in total. The maximum absolute atomic E-state index is 12.0. The van der Waals surface area contributed by atoms with Crippen molar-refractivity contribution in [3.8, 4) is 22.3 Å². The van der Waals surface area contributed by atoms with Gasteiger partial charge in [-0.1, -0.05) is 6.07 Å². The fourth-order valence-electron chi connectivity index (χ4n) is 3.72. The minimum Gasteiger partial charge on any atom is -0.315 e. The molecule has 5 nitrogen and oxygen atoms in total. The van der Waals surface area contributed by atoms with Crippen LogP contribution in [0.4, 0.5) is 5.69 Å². The van der Waals surface area contributed by atoms with Crippen LogP contribution >= 0.6 is 0 Å². The molecule has 3 aromatic rings. The molecule has 134 valence electrons. The van der Waals surface area contributed by atoms with Crippen molar-refractivity contribution in [3.63, 3.8) is 0 Å². The first-order valence-corrected chi connectivity index (χ1v) is 9.17. The van der Waals surface area contributed by atoms with Gasteiger partial charge in [0, 0.05) is 54.6 Å². The van der Waals surface area contributed by atoms with Crippen molar-refractivity contribution in [1.82, 2.24) is 9.55 Å². The van der Waals surface area contributed by atoms with Crippen LogP contribution in [0.3, 0.4) is 0 Å².